The molecule has 5 nitrogen and oxygen atoms in total. The van der Waals surface area contributed by atoms with Crippen molar-refractivity contribution in [1.82, 2.24) is 4.90 Å². The van der Waals surface area contributed by atoms with Crippen molar-refractivity contribution in [3.8, 4) is 0 Å². The number of ether oxygens (including phenoxy) is 1. The fraction of sp³-hybridized carbons (Fsp3) is 0.407. The summed E-state index contributed by atoms with van der Waals surface area (Å²) in [7, 11) is -1.39. The number of rotatable bonds is 8. The standard InChI is InChI=1S/C27H34FNO4Si/c1-27(2,3)25(33-34(4)5)22(19-14-16-21(28)17-15-19)12-9-13-24(30)29-23(18-32-26(29)31)20-10-7-6-8-11-20/h6-8,10-12,14-17,23,25,34H,9,13,18H2,1-5H3/t23-,25?/m1/s1. The van der Waals surface area contributed by atoms with E-state index in [4.69, 9.17) is 9.16 Å². The first-order valence-corrected chi connectivity index (χ1v) is 14.5. The highest BCUT2D eigenvalue weighted by molar-refractivity contribution is 6.48. The van der Waals surface area contributed by atoms with Gasteiger partial charge < -0.3 is 9.16 Å². The molecule has 1 heterocycles. The van der Waals surface area contributed by atoms with Crippen molar-refractivity contribution in [2.75, 3.05) is 6.61 Å². The van der Waals surface area contributed by atoms with Crippen LogP contribution in [0.15, 0.2) is 60.7 Å². The molecule has 0 radical (unpaired) electrons. The van der Waals surface area contributed by atoms with Gasteiger partial charge in [0.2, 0.25) is 5.91 Å². The molecule has 0 spiro atoms. The molecule has 1 saturated heterocycles. The van der Waals surface area contributed by atoms with Crippen LogP contribution in [0.25, 0.3) is 5.57 Å². The average Bonchev–Trinajstić information content (AvgIpc) is 3.17. The van der Waals surface area contributed by atoms with Crippen LogP contribution in [-0.2, 0) is 14.0 Å². The average molecular weight is 484 g/mol. The maximum absolute atomic E-state index is 13.6. The highest BCUT2D eigenvalue weighted by atomic mass is 28.3. The Balaban J connectivity index is 1.83. The van der Waals surface area contributed by atoms with Crippen molar-refractivity contribution in [2.24, 2.45) is 5.41 Å². The smallest absolute Gasteiger partial charge is 0.417 e. The summed E-state index contributed by atoms with van der Waals surface area (Å²) in [6.45, 7) is 10.7. The molecule has 0 aliphatic carbocycles. The number of carbonyl (C=O) groups is 2. The minimum atomic E-state index is -1.39. The first-order chi connectivity index (χ1) is 16.1. The van der Waals surface area contributed by atoms with E-state index in [1.54, 1.807) is 12.1 Å². The van der Waals surface area contributed by atoms with Crippen LogP contribution in [0.3, 0.4) is 0 Å². The quantitative estimate of drug-likeness (QED) is 0.424. The number of cyclic esters (lactones) is 1. The van der Waals surface area contributed by atoms with Crippen LogP contribution in [0.4, 0.5) is 9.18 Å². The molecule has 2 amide bonds. The Bertz CT molecular complexity index is 1020. The molecule has 2 aromatic rings. The van der Waals surface area contributed by atoms with Crippen LogP contribution in [0, 0.1) is 11.2 Å². The number of halogens is 1. The van der Waals surface area contributed by atoms with Gasteiger partial charge in [-0.25, -0.2) is 14.1 Å². The van der Waals surface area contributed by atoms with Crippen molar-refractivity contribution in [3.05, 3.63) is 77.6 Å². The molecular weight excluding hydrogens is 449 g/mol. The predicted octanol–water partition coefficient (Wildman–Crippen LogP) is 6.12. The van der Waals surface area contributed by atoms with E-state index in [9.17, 15) is 14.0 Å². The molecule has 2 atom stereocenters. The van der Waals surface area contributed by atoms with E-state index in [0.29, 0.717) is 6.42 Å². The van der Waals surface area contributed by atoms with Crippen molar-refractivity contribution >= 4 is 26.6 Å². The summed E-state index contributed by atoms with van der Waals surface area (Å²) < 4.78 is 25.2. The van der Waals surface area contributed by atoms with E-state index in [1.165, 1.54) is 17.0 Å². The lowest BCUT2D eigenvalue weighted by Crippen LogP contribution is -2.35. The SMILES string of the molecule is C[SiH](C)OC(C(=CCCC(=O)N1C(=O)OC[C@@H]1c1ccccc1)c1ccc(F)cc1)C(C)(C)C. The van der Waals surface area contributed by atoms with Gasteiger partial charge in [-0.15, -0.1) is 0 Å². The third-order valence-corrected chi connectivity index (χ3v) is 6.52. The second-order valence-corrected chi connectivity index (χ2v) is 12.3. The lowest BCUT2D eigenvalue weighted by atomic mass is 9.81. The number of imide groups is 1. The Morgan fingerprint density at radius 2 is 1.82 bits per heavy atom. The lowest BCUT2D eigenvalue weighted by Gasteiger charge is -2.35. The van der Waals surface area contributed by atoms with E-state index in [-0.39, 0.29) is 36.3 Å². The largest absolute Gasteiger partial charge is 0.446 e. The molecule has 34 heavy (non-hydrogen) atoms. The van der Waals surface area contributed by atoms with Crippen molar-refractivity contribution < 1.29 is 23.1 Å². The van der Waals surface area contributed by atoms with Gasteiger partial charge in [-0.05, 0) is 53.8 Å². The monoisotopic (exact) mass is 483 g/mol. The van der Waals surface area contributed by atoms with E-state index in [1.807, 2.05) is 36.4 Å². The second kappa shape index (κ2) is 11.1. The molecule has 1 aliphatic rings. The fourth-order valence-corrected chi connectivity index (χ4v) is 5.22. The molecule has 3 rings (SSSR count). The van der Waals surface area contributed by atoms with Crippen molar-refractivity contribution in [3.63, 3.8) is 0 Å². The summed E-state index contributed by atoms with van der Waals surface area (Å²) in [6.07, 6.45) is 1.76. The van der Waals surface area contributed by atoms with Gasteiger partial charge in [0.25, 0.3) is 0 Å². The fourth-order valence-electron chi connectivity index (χ4n) is 4.12. The number of hydrogen-bond acceptors (Lipinski definition) is 4. The lowest BCUT2D eigenvalue weighted by molar-refractivity contribution is -0.129. The van der Waals surface area contributed by atoms with Gasteiger partial charge in [0.1, 0.15) is 18.5 Å². The van der Waals surface area contributed by atoms with Gasteiger partial charge in [-0.1, -0.05) is 69.3 Å². The summed E-state index contributed by atoms with van der Waals surface area (Å²) in [6, 6.07) is 15.4. The maximum Gasteiger partial charge on any atom is 0.417 e. The number of hydrogen-bond donors (Lipinski definition) is 0. The molecule has 182 valence electrons. The zero-order valence-corrected chi connectivity index (χ0v) is 21.7. The summed E-state index contributed by atoms with van der Waals surface area (Å²) in [5.41, 5.74) is 2.47. The summed E-state index contributed by atoms with van der Waals surface area (Å²) >= 11 is 0. The van der Waals surface area contributed by atoms with Crippen LogP contribution in [0.1, 0.15) is 50.8 Å². The first-order valence-electron chi connectivity index (χ1n) is 11.7. The van der Waals surface area contributed by atoms with Crippen LogP contribution in [-0.4, -0.2) is 38.7 Å². The Morgan fingerprint density at radius 3 is 2.41 bits per heavy atom. The molecule has 0 aromatic heterocycles. The molecule has 1 aliphatic heterocycles. The normalized spacial score (nSPS) is 17.7. The summed E-state index contributed by atoms with van der Waals surface area (Å²) in [4.78, 5) is 26.6. The van der Waals surface area contributed by atoms with Gasteiger partial charge in [0.15, 0.2) is 9.04 Å². The highest BCUT2D eigenvalue weighted by Crippen LogP contribution is 2.35. The summed E-state index contributed by atoms with van der Waals surface area (Å²) in [5, 5.41) is 0. The minimum absolute atomic E-state index is 0.152. The highest BCUT2D eigenvalue weighted by Gasteiger charge is 2.38. The third kappa shape index (κ3) is 6.42. The molecule has 2 aromatic carbocycles. The van der Waals surface area contributed by atoms with E-state index >= 15 is 0 Å². The predicted molar refractivity (Wildman–Crippen MR) is 134 cm³/mol. The van der Waals surface area contributed by atoms with Crippen LogP contribution >= 0.6 is 0 Å². The number of amides is 2. The number of allylic oxidation sites excluding steroid dienone is 1. The van der Waals surface area contributed by atoms with Gasteiger partial charge in [-0.3, -0.25) is 4.79 Å². The van der Waals surface area contributed by atoms with Crippen molar-refractivity contribution in [1.29, 1.82) is 0 Å². The molecule has 1 fully saturated rings. The van der Waals surface area contributed by atoms with E-state index < -0.39 is 21.2 Å². The molecule has 1 unspecified atom stereocenters. The third-order valence-electron chi connectivity index (χ3n) is 5.70. The molecule has 7 heteroatoms. The van der Waals surface area contributed by atoms with Gasteiger partial charge in [0.05, 0.1) is 6.10 Å². The molecular formula is C27H34FNO4Si. The number of benzene rings is 2. The molecule has 0 saturated carbocycles. The maximum atomic E-state index is 13.6. The van der Waals surface area contributed by atoms with Crippen LogP contribution in [0.5, 0.6) is 0 Å². The summed E-state index contributed by atoms with van der Waals surface area (Å²) in [5.74, 6) is -0.582. The zero-order chi connectivity index (χ0) is 24.9. The first kappa shape index (κ1) is 25.8. The Labute approximate surface area is 203 Å². The van der Waals surface area contributed by atoms with Crippen LogP contribution < -0.4 is 0 Å². The Morgan fingerprint density at radius 1 is 1.18 bits per heavy atom. The van der Waals surface area contributed by atoms with E-state index in [2.05, 4.69) is 33.9 Å². The van der Waals surface area contributed by atoms with Gasteiger partial charge in [0, 0.05) is 6.42 Å². The molecule has 0 N–H and O–H groups in total. The Hall–Kier alpha value is -2.77. The zero-order valence-electron chi connectivity index (χ0n) is 20.6. The van der Waals surface area contributed by atoms with Gasteiger partial charge >= 0.3 is 6.09 Å². The minimum Gasteiger partial charge on any atom is -0.446 e. The van der Waals surface area contributed by atoms with Crippen LogP contribution in [0.2, 0.25) is 13.1 Å². The number of carbonyl (C=O) groups excluding carboxylic acids is 2. The van der Waals surface area contributed by atoms with Crippen molar-refractivity contribution in [2.45, 2.75) is 58.9 Å². The van der Waals surface area contributed by atoms with E-state index in [0.717, 1.165) is 16.7 Å². The molecule has 0 bridgehead atoms. The topological polar surface area (TPSA) is 55.8 Å². The Kier molecular flexibility index (Phi) is 8.44. The second-order valence-electron chi connectivity index (χ2n) is 9.90. The van der Waals surface area contributed by atoms with Gasteiger partial charge in [-0.2, -0.15) is 0 Å². The number of nitrogens with zero attached hydrogens (tertiary/aromatic N) is 1.